The normalized spacial score (nSPS) is 13.7. The van der Waals surface area contributed by atoms with E-state index in [0.29, 0.717) is 13.2 Å². The molecule has 1 atom stereocenters. The zero-order valence-corrected chi connectivity index (χ0v) is 13.3. The van der Waals surface area contributed by atoms with Crippen LogP contribution in [0.15, 0.2) is 34.7 Å². The number of hydrogen-bond acceptors (Lipinski definition) is 4. The molecule has 1 unspecified atom stereocenters. The minimum Gasteiger partial charge on any atom is -0.459 e. The maximum Gasteiger partial charge on any atom is 0.134 e. The Hall–Kier alpha value is -1.36. The number of nitrogens with one attached hydrogen (secondary N) is 1. The molecule has 0 saturated heterocycles. The van der Waals surface area contributed by atoms with Crippen molar-refractivity contribution in [3.63, 3.8) is 0 Å². The van der Waals surface area contributed by atoms with Crippen molar-refractivity contribution < 1.29 is 13.9 Å². The van der Waals surface area contributed by atoms with E-state index in [-0.39, 0.29) is 11.6 Å². The molecule has 1 aromatic carbocycles. The average Bonchev–Trinajstić information content (AvgIpc) is 2.91. The van der Waals surface area contributed by atoms with Crippen LogP contribution in [-0.4, -0.2) is 33.0 Å². The Bertz CT molecular complexity index is 529. The molecular formula is C17H25NO3. The molecule has 0 radical (unpaired) electrons. The Labute approximate surface area is 126 Å². The first-order chi connectivity index (χ1) is 10.1. The minimum absolute atomic E-state index is 0.0584. The topological polar surface area (TPSA) is 43.6 Å². The van der Waals surface area contributed by atoms with Crippen molar-refractivity contribution in [2.24, 2.45) is 0 Å². The number of fused-ring (bicyclic) bond motifs is 1. The fourth-order valence-corrected chi connectivity index (χ4v) is 2.10. The molecule has 1 aromatic heterocycles. The maximum absolute atomic E-state index is 5.87. The molecule has 0 saturated carbocycles. The lowest BCUT2D eigenvalue weighted by atomic mass is 10.1. The average molecular weight is 291 g/mol. The molecule has 2 rings (SSSR count). The van der Waals surface area contributed by atoms with E-state index in [9.17, 15) is 0 Å². The highest BCUT2D eigenvalue weighted by atomic mass is 16.5. The van der Waals surface area contributed by atoms with Crippen LogP contribution in [0.4, 0.5) is 0 Å². The maximum atomic E-state index is 5.87. The molecule has 0 spiro atoms. The fourth-order valence-electron chi connectivity index (χ4n) is 2.10. The van der Waals surface area contributed by atoms with Crippen molar-refractivity contribution in [3.05, 3.63) is 36.1 Å². The molecule has 1 heterocycles. The molecule has 0 aliphatic heterocycles. The third-order valence-electron chi connectivity index (χ3n) is 3.82. The fraction of sp³-hybridized carbons (Fsp3) is 0.529. The summed E-state index contributed by atoms with van der Waals surface area (Å²) in [6.07, 6.45) is 0.861. The van der Waals surface area contributed by atoms with Gasteiger partial charge in [0.25, 0.3) is 0 Å². The van der Waals surface area contributed by atoms with Crippen molar-refractivity contribution in [2.45, 2.75) is 31.9 Å². The summed E-state index contributed by atoms with van der Waals surface area (Å²) < 4.78 is 17.0. The van der Waals surface area contributed by atoms with Gasteiger partial charge >= 0.3 is 0 Å². The van der Waals surface area contributed by atoms with Crippen molar-refractivity contribution in [2.75, 3.05) is 27.4 Å². The number of benzene rings is 1. The monoisotopic (exact) mass is 291 g/mol. The van der Waals surface area contributed by atoms with Crippen LogP contribution < -0.4 is 5.32 Å². The molecule has 21 heavy (non-hydrogen) atoms. The van der Waals surface area contributed by atoms with E-state index in [1.165, 1.54) is 0 Å². The number of hydrogen-bond donors (Lipinski definition) is 1. The van der Waals surface area contributed by atoms with Crippen molar-refractivity contribution in [3.8, 4) is 0 Å². The van der Waals surface area contributed by atoms with Gasteiger partial charge in [0.1, 0.15) is 11.3 Å². The first-order valence-electron chi connectivity index (χ1n) is 7.34. The Balaban J connectivity index is 1.91. The second-order valence-corrected chi connectivity index (χ2v) is 5.82. The Morgan fingerprint density at radius 3 is 2.71 bits per heavy atom. The molecule has 0 amide bonds. The van der Waals surface area contributed by atoms with Gasteiger partial charge in [-0.2, -0.15) is 0 Å². The second kappa shape index (κ2) is 7.07. The largest absolute Gasteiger partial charge is 0.459 e. The van der Waals surface area contributed by atoms with Crippen LogP contribution in [0.2, 0.25) is 0 Å². The molecule has 4 nitrogen and oxygen atoms in total. The van der Waals surface area contributed by atoms with E-state index in [0.717, 1.165) is 23.2 Å². The van der Waals surface area contributed by atoms with E-state index < -0.39 is 0 Å². The first kappa shape index (κ1) is 16.0. The van der Waals surface area contributed by atoms with Crippen LogP contribution in [0, 0.1) is 0 Å². The summed E-state index contributed by atoms with van der Waals surface area (Å²) in [5.74, 6) is 0.907. The summed E-state index contributed by atoms with van der Waals surface area (Å²) in [4.78, 5) is 0. The lowest BCUT2D eigenvalue weighted by molar-refractivity contribution is -0.0127. The second-order valence-electron chi connectivity index (χ2n) is 5.82. The molecular weight excluding hydrogens is 266 g/mol. The van der Waals surface area contributed by atoms with Crippen molar-refractivity contribution in [1.29, 1.82) is 0 Å². The lowest BCUT2D eigenvalue weighted by Gasteiger charge is -2.23. The highest BCUT2D eigenvalue weighted by Gasteiger charge is 2.18. The van der Waals surface area contributed by atoms with Gasteiger partial charge in [-0.05, 0) is 39.4 Å². The Morgan fingerprint density at radius 1 is 1.29 bits per heavy atom. The smallest absolute Gasteiger partial charge is 0.134 e. The number of para-hydroxylation sites is 1. The highest BCUT2D eigenvalue weighted by molar-refractivity contribution is 5.77. The van der Waals surface area contributed by atoms with Crippen LogP contribution in [0.25, 0.3) is 11.0 Å². The Kier molecular flexibility index (Phi) is 5.39. The number of ether oxygens (including phenoxy) is 2. The molecule has 0 aliphatic carbocycles. The van der Waals surface area contributed by atoms with Gasteiger partial charge in [0.2, 0.25) is 0 Å². The van der Waals surface area contributed by atoms with Crippen LogP contribution >= 0.6 is 0 Å². The summed E-state index contributed by atoms with van der Waals surface area (Å²) in [6.45, 7) is 5.37. The van der Waals surface area contributed by atoms with E-state index in [2.05, 4.69) is 31.3 Å². The zero-order valence-electron chi connectivity index (χ0n) is 13.3. The van der Waals surface area contributed by atoms with Crippen LogP contribution in [0.5, 0.6) is 0 Å². The number of methoxy groups -OCH3 is 1. The Morgan fingerprint density at radius 2 is 2.05 bits per heavy atom. The van der Waals surface area contributed by atoms with E-state index in [1.807, 2.05) is 25.2 Å². The quantitative estimate of drug-likeness (QED) is 0.756. The lowest BCUT2D eigenvalue weighted by Crippen LogP contribution is -2.26. The number of likely N-dealkylation sites (N-methyl/N-ethyl adjacent to an activating group) is 1. The van der Waals surface area contributed by atoms with Gasteiger partial charge in [-0.3, -0.25) is 0 Å². The van der Waals surface area contributed by atoms with Gasteiger partial charge < -0.3 is 19.2 Å². The van der Waals surface area contributed by atoms with Gasteiger partial charge in [0.15, 0.2) is 0 Å². The van der Waals surface area contributed by atoms with E-state index >= 15 is 0 Å². The third-order valence-corrected chi connectivity index (χ3v) is 3.82. The number of rotatable bonds is 8. The highest BCUT2D eigenvalue weighted by Crippen LogP contribution is 2.24. The molecule has 1 N–H and O–H groups in total. The van der Waals surface area contributed by atoms with Gasteiger partial charge in [0, 0.05) is 19.1 Å². The number of furan rings is 1. The van der Waals surface area contributed by atoms with Crippen molar-refractivity contribution in [1.82, 2.24) is 5.32 Å². The molecule has 4 heteroatoms. The van der Waals surface area contributed by atoms with E-state index in [4.69, 9.17) is 13.9 Å². The molecule has 2 aromatic rings. The third kappa shape index (κ3) is 4.30. The van der Waals surface area contributed by atoms with Gasteiger partial charge in [-0.1, -0.05) is 18.2 Å². The van der Waals surface area contributed by atoms with Gasteiger partial charge in [0.05, 0.1) is 18.2 Å². The predicted octanol–water partition coefficient (Wildman–Crippen LogP) is 3.53. The molecule has 116 valence electrons. The first-order valence-corrected chi connectivity index (χ1v) is 7.34. The summed E-state index contributed by atoms with van der Waals surface area (Å²) >= 11 is 0. The van der Waals surface area contributed by atoms with E-state index in [1.54, 1.807) is 7.11 Å². The summed E-state index contributed by atoms with van der Waals surface area (Å²) in [5.41, 5.74) is 0.766. The van der Waals surface area contributed by atoms with Gasteiger partial charge in [-0.25, -0.2) is 0 Å². The van der Waals surface area contributed by atoms with Crippen LogP contribution in [0.1, 0.15) is 32.1 Å². The standard InChI is InChI=1S/C17H25NO3/c1-17(2,19-4)9-10-20-12-14(18-3)16-11-13-7-5-6-8-15(13)21-16/h5-8,11,14,18H,9-10,12H2,1-4H3. The predicted molar refractivity (Wildman–Crippen MR) is 84.5 cm³/mol. The van der Waals surface area contributed by atoms with Crippen LogP contribution in [-0.2, 0) is 9.47 Å². The van der Waals surface area contributed by atoms with Gasteiger partial charge in [-0.15, -0.1) is 0 Å². The summed E-state index contributed by atoms with van der Waals surface area (Å²) in [6, 6.07) is 10.2. The van der Waals surface area contributed by atoms with Crippen LogP contribution in [0.3, 0.4) is 0 Å². The summed E-state index contributed by atoms with van der Waals surface area (Å²) in [5, 5.41) is 4.36. The summed E-state index contributed by atoms with van der Waals surface area (Å²) in [7, 11) is 3.64. The minimum atomic E-state index is -0.144. The zero-order chi connectivity index (χ0) is 15.3. The molecule has 0 fully saturated rings. The van der Waals surface area contributed by atoms with Crippen molar-refractivity contribution >= 4 is 11.0 Å². The molecule has 0 bridgehead atoms. The molecule has 0 aliphatic rings. The SMILES string of the molecule is CNC(COCCC(C)(C)OC)c1cc2ccccc2o1.